The average molecular weight is 717 g/mol. The number of ether oxygens (including phenoxy) is 3. The quantitative estimate of drug-likeness (QED) is 0.261. The summed E-state index contributed by atoms with van der Waals surface area (Å²) >= 11 is 1.47. The molecule has 15 nitrogen and oxygen atoms in total. The van der Waals surface area contributed by atoms with Crippen molar-refractivity contribution in [1.82, 2.24) is 25.0 Å². The molecule has 1 atom stereocenters. The summed E-state index contributed by atoms with van der Waals surface area (Å²) in [6.07, 6.45) is -0.571. The molecule has 2 fully saturated rings. The van der Waals surface area contributed by atoms with Crippen LogP contribution in [0, 0.1) is 5.41 Å². The van der Waals surface area contributed by atoms with Gasteiger partial charge in [-0.25, -0.2) is 19.4 Å². The molecule has 2 aliphatic rings. The fourth-order valence-electron chi connectivity index (χ4n) is 5.54. The zero-order valence-corrected chi connectivity index (χ0v) is 31.0. The van der Waals surface area contributed by atoms with Crippen LogP contribution in [0.25, 0.3) is 0 Å². The van der Waals surface area contributed by atoms with Crippen LogP contribution < -0.4 is 21.7 Å². The van der Waals surface area contributed by atoms with Crippen LogP contribution >= 0.6 is 11.3 Å². The first kappa shape index (κ1) is 38.6. The second kappa shape index (κ2) is 16.2. The van der Waals surface area contributed by atoms with Gasteiger partial charge < -0.3 is 45.7 Å². The van der Waals surface area contributed by atoms with E-state index in [0.717, 1.165) is 29.2 Å². The Morgan fingerprint density at radius 3 is 2.08 bits per heavy atom. The summed E-state index contributed by atoms with van der Waals surface area (Å²) in [5, 5.41) is 9.20. The van der Waals surface area contributed by atoms with E-state index in [1.165, 1.54) is 18.3 Å². The zero-order chi connectivity index (χ0) is 36.7. The highest BCUT2D eigenvalue weighted by Gasteiger charge is 2.50. The molecule has 2 aliphatic heterocycles. The van der Waals surface area contributed by atoms with Crippen LogP contribution in [0.1, 0.15) is 64.6 Å². The number of alkyl carbamates (subject to hydrolysis) is 1. The van der Waals surface area contributed by atoms with Crippen LogP contribution in [0.15, 0.2) is 24.3 Å². The number of carbonyl (C=O) groups excluding carboxylic acids is 4. The molecule has 4 rings (SSSR count). The lowest BCUT2D eigenvalue weighted by molar-refractivity contribution is -0.202. The molecule has 2 saturated heterocycles. The monoisotopic (exact) mass is 716 g/mol. The van der Waals surface area contributed by atoms with Gasteiger partial charge in [0.05, 0.1) is 24.3 Å². The van der Waals surface area contributed by atoms with Gasteiger partial charge >= 0.3 is 24.1 Å². The molecular formula is C34H52N8O7S. The first-order valence-electron chi connectivity index (χ1n) is 16.9. The number of nitrogens with two attached hydrogens (primary N) is 1. The van der Waals surface area contributed by atoms with Crippen molar-refractivity contribution >= 4 is 46.3 Å². The lowest BCUT2D eigenvalue weighted by Crippen LogP contribution is -2.59. The number of primary amides is 1. The van der Waals surface area contributed by atoms with Crippen molar-refractivity contribution in [2.75, 3.05) is 63.1 Å². The third-order valence-electron chi connectivity index (χ3n) is 8.21. The lowest BCUT2D eigenvalue weighted by atomic mass is 9.90. The number of anilines is 2. The van der Waals surface area contributed by atoms with Crippen LogP contribution in [0.2, 0.25) is 0 Å². The lowest BCUT2D eigenvalue weighted by Gasteiger charge is -2.42. The van der Waals surface area contributed by atoms with Crippen molar-refractivity contribution in [1.29, 1.82) is 0 Å². The van der Waals surface area contributed by atoms with Gasteiger partial charge in [-0.15, -0.1) is 11.3 Å². The van der Waals surface area contributed by atoms with Crippen molar-refractivity contribution in [3.05, 3.63) is 40.4 Å². The van der Waals surface area contributed by atoms with E-state index in [1.54, 1.807) is 41.5 Å². The molecule has 2 aromatic rings. The topological polar surface area (TPSA) is 181 Å². The average Bonchev–Trinajstić information content (AvgIpc) is 3.39. The maximum atomic E-state index is 12.9. The molecule has 1 aromatic carbocycles. The number of carbonyl (C=O) groups is 4. The van der Waals surface area contributed by atoms with Crippen LogP contribution in [0.4, 0.5) is 25.2 Å². The molecule has 3 heterocycles. The number of amides is 5. The number of aromatic nitrogens is 1. The summed E-state index contributed by atoms with van der Waals surface area (Å²) in [5.74, 6) is -2.09. The summed E-state index contributed by atoms with van der Waals surface area (Å²) in [6, 6.07) is 7.56. The van der Waals surface area contributed by atoms with Crippen LogP contribution in [0.3, 0.4) is 0 Å². The minimum atomic E-state index is -1.91. The molecule has 0 bridgehead atoms. The van der Waals surface area contributed by atoms with Crippen molar-refractivity contribution in [3.8, 4) is 0 Å². The number of thiazole rings is 1. The summed E-state index contributed by atoms with van der Waals surface area (Å²) in [7, 11) is 0. The summed E-state index contributed by atoms with van der Waals surface area (Å²) in [6.45, 7) is 18.0. The fraction of sp³-hybridized carbons (Fsp3) is 0.618. The maximum Gasteiger partial charge on any atom is 0.412 e. The van der Waals surface area contributed by atoms with Gasteiger partial charge in [-0.2, -0.15) is 0 Å². The van der Waals surface area contributed by atoms with Gasteiger partial charge in [0, 0.05) is 68.8 Å². The third kappa shape index (κ3) is 10.9. The van der Waals surface area contributed by atoms with Crippen molar-refractivity contribution in [2.24, 2.45) is 11.1 Å². The second-order valence-corrected chi connectivity index (χ2v) is 15.7. The summed E-state index contributed by atoms with van der Waals surface area (Å²) in [5.41, 5.74) is 6.39. The number of nitrogens with zero attached hydrogens (tertiary/aromatic N) is 4. The Balaban J connectivity index is 1.42. The number of hydrogen-bond donors (Lipinski definition) is 4. The smallest absolute Gasteiger partial charge is 0.387 e. The molecule has 1 unspecified atom stereocenters. The van der Waals surface area contributed by atoms with Crippen LogP contribution in [0.5, 0.6) is 0 Å². The van der Waals surface area contributed by atoms with Crippen molar-refractivity contribution in [2.45, 2.75) is 79.3 Å². The number of morpholine rings is 1. The Labute approximate surface area is 298 Å². The first-order chi connectivity index (χ1) is 23.4. The molecule has 0 spiro atoms. The normalized spacial score (nSPS) is 17.0. The molecule has 276 valence electrons. The number of rotatable bonds is 10. The van der Waals surface area contributed by atoms with Crippen molar-refractivity contribution in [3.63, 3.8) is 0 Å². The van der Waals surface area contributed by atoms with Gasteiger partial charge in [-0.3, -0.25) is 9.69 Å². The van der Waals surface area contributed by atoms with Crippen LogP contribution in [-0.4, -0.2) is 108 Å². The van der Waals surface area contributed by atoms with Crippen LogP contribution in [-0.2, 0) is 38.4 Å². The van der Waals surface area contributed by atoms with Crippen molar-refractivity contribution < 1.29 is 33.4 Å². The predicted molar refractivity (Wildman–Crippen MR) is 191 cm³/mol. The number of benzene rings is 1. The Hall–Kier alpha value is -4.15. The van der Waals surface area contributed by atoms with E-state index in [4.69, 9.17) is 24.9 Å². The van der Waals surface area contributed by atoms with E-state index in [-0.39, 0.29) is 11.9 Å². The van der Waals surface area contributed by atoms with E-state index < -0.39 is 29.1 Å². The highest BCUT2D eigenvalue weighted by atomic mass is 32.1. The molecular weight excluding hydrogens is 664 g/mol. The predicted octanol–water partition coefficient (Wildman–Crippen LogP) is 4.19. The highest BCUT2D eigenvalue weighted by Crippen LogP contribution is 2.37. The van der Waals surface area contributed by atoms with E-state index in [2.05, 4.69) is 20.9 Å². The molecule has 16 heteroatoms. The minimum Gasteiger partial charge on any atom is -0.387 e. The van der Waals surface area contributed by atoms with E-state index in [1.807, 2.05) is 34.1 Å². The van der Waals surface area contributed by atoms with Gasteiger partial charge in [0.25, 0.3) is 0 Å². The second-order valence-electron chi connectivity index (χ2n) is 14.6. The molecule has 1 aromatic heterocycles. The Kier molecular flexibility index (Phi) is 12.6. The van der Waals surface area contributed by atoms with E-state index in [9.17, 15) is 19.2 Å². The van der Waals surface area contributed by atoms with Gasteiger partial charge in [0.15, 0.2) is 5.13 Å². The van der Waals surface area contributed by atoms with E-state index in [0.29, 0.717) is 69.6 Å². The number of urea groups is 1. The minimum absolute atomic E-state index is 0.0728. The van der Waals surface area contributed by atoms with Gasteiger partial charge in [-0.05, 0) is 51.3 Å². The standard InChI is InChI=1S/C34H52N8O7S/c1-23(43)36-29-37-26(27(50-29)22-40-14-16-41(17-15-40)31(46)42-18-20-47-21-19-42)13-10-24-8-11-25(12-9-24)38-34(32(2,3)4,48-28(35)44)49-30(45)39-33(5,6)7/h8-9,11-12,38H,10,13-22H2,1-7H3,(H2,35,44)(H,39,45)(H,36,37,43). The largest absolute Gasteiger partial charge is 0.412 e. The number of piperazine rings is 1. The van der Waals surface area contributed by atoms with Gasteiger partial charge in [-0.1, -0.05) is 32.9 Å². The summed E-state index contributed by atoms with van der Waals surface area (Å²) in [4.78, 5) is 61.5. The third-order valence-corrected chi connectivity index (χ3v) is 9.21. The maximum absolute atomic E-state index is 12.9. The molecule has 0 radical (unpaired) electrons. The number of hydrogen-bond acceptors (Lipinski definition) is 11. The number of nitrogens with one attached hydrogen (secondary N) is 3. The molecule has 0 aliphatic carbocycles. The van der Waals surface area contributed by atoms with E-state index >= 15 is 0 Å². The number of aryl methyl sites for hydroxylation is 2. The van der Waals surface area contributed by atoms with Gasteiger partial charge in [0.2, 0.25) is 5.91 Å². The molecule has 5 N–H and O–H groups in total. The molecule has 0 saturated carbocycles. The van der Waals surface area contributed by atoms with Gasteiger partial charge in [0.1, 0.15) is 0 Å². The Morgan fingerprint density at radius 2 is 1.52 bits per heavy atom. The molecule has 5 amide bonds. The SMILES string of the molecule is CC(=O)Nc1nc(CCc2ccc(NC(OC(N)=O)(OC(=O)NC(C)(C)C)C(C)(C)C)cc2)c(CN2CCN(C(=O)N3CCOCC3)CC2)s1. The Morgan fingerprint density at radius 1 is 0.900 bits per heavy atom. The summed E-state index contributed by atoms with van der Waals surface area (Å²) < 4.78 is 16.6. The molecule has 50 heavy (non-hydrogen) atoms. The first-order valence-corrected chi connectivity index (χ1v) is 17.7. The fourth-order valence-corrected chi connectivity index (χ4v) is 6.63. The highest BCUT2D eigenvalue weighted by molar-refractivity contribution is 7.15. The Bertz CT molecular complexity index is 1490. The zero-order valence-electron chi connectivity index (χ0n) is 30.2.